The van der Waals surface area contributed by atoms with Crippen molar-refractivity contribution in [3.8, 4) is 5.75 Å². The van der Waals surface area contributed by atoms with Crippen molar-refractivity contribution in [2.75, 3.05) is 0 Å². The van der Waals surface area contributed by atoms with Gasteiger partial charge in [-0.25, -0.2) is 4.98 Å². The fourth-order valence-corrected chi connectivity index (χ4v) is 2.08. The number of rotatable bonds is 4. The van der Waals surface area contributed by atoms with Crippen molar-refractivity contribution in [1.29, 1.82) is 0 Å². The van der Waals surface area contributed by atoms with E-state index >= 15 is 0 Å². The van der Waals surface area contributed by atoms with Gasteiger partial charge in [-0.1, -0.05) is 24.3 Å². The van der Waals surface area contributed by atoms with Crippen molar-refractivity contribution in [2.45, 2.75) is 6.61 Å². The molecular weight excluding hydrogens is 286 g/mol. The molecule has 7 nitrogen and oxygen atoms in total. The van der Waals surface area contributed by atoms with Gasteiger partial charge in [0.2, 0.25) is 0 Å². The molecule has 3 aromatic rings. The molecule has 0 atom stereocenters. The van der Waals surface area contributed by atoms with Crippen molar-refractivity contribution in [1.82, 2.24) is 9.97 Å². The van der Waals surface area contributed by atoms with Crippen molar-refractivity contribution in [3.63, 3.8) is 0 Å². The van der Waals surface area contributed by atoms with Gasteiger partial charge in [-0.15, -0.1) is 0 Å². The summed E-state index contributed by atoms with van der Waals surface area (Å²) in [5.74, 6) is 0.435. The van der Waals surface area contributed by atoms with Crippen LogP contribution in [0.25, 0.3) is 10.9 Å². The lowest BCUT2D eigenvalue weighted by Gasteiger charge is -2.06. The Morgan fingerprint density at radius 1 is 1.14 bits per heavy atom. The standard InChI is InChI=1S/C15H11N3O4/c19-15-10-5-1-2-6-11(10)16-14(17-15)9-22-13-8-4-3-7-12(13)18(20)21/h1-8H,9H2,(H,16,17,19). The zero-order valence-corrected chi connectivity index (χ0v) is 11.4. The summed E-state index contributed by atoms with van der Waals surface area (Å²) in [4.78, 5) is 29.2. The van der Waals surface area contributed by atoms with Gasteiger partial charge in [-0.05, 0) is 18.2 Å². The molecule has 110 valence electrons. The highest BCUT2D eigenvalue weighted by atomic mass is 16.6. The fraction of sp³-hybridized carbons (Fsp3) is 0.0667. The second kappa shape index (κ2) is 5.65. The van der Waals surface area contributed by atoms with Gasteiger partial charge in [0, 0.05) is 6.07 Å². The number of benzene rings is 2. The van der Waals surface area contributed by atoms with Gasteiger partial charge in [0.25, 0.3) is 5.56 Å². The first kappa shape index (κ1) is 13.7. The Balaban J connectivity index is 1.89. The van der Waals surface area contributed by atoms with Gasteiger partial charge in [-0.3, -0.25) is 14.9 Å². The quantitative estimate of drug-likeness (QED) is 0.589. The van der Waals surface area contributed by atoms with Crippen molar-refractivity contribution < 1.29 is 9.66 Å². The average Bonchev–Trinajstić information content (AvgIpc) is 2.53. The Morgan fingerprint density at radius 2 is 1.86 bits per heavy atom. The first-order chi connectivity index (χ1) is 10.6. The lowest BCUT2D eigenvalue weighted by atomic mass is 10.2. The second-order valence-corrected chi connectivity index (χ2v) is 4.54. The molecule has 0 saturated heterocycles. The van der Waals surface area contributed by atoms with Gasteiger partial charge < -0.3 is 9.72 Å². The smallest absolute Gasteiger partial charge is 0.310 e. The number of aromatic nitrogens is 2. The zero-order chi connectivity index (χ0) is 15.5. The third kappa shape index (κ3) is 2.64. The predicted octanol–water partition coefficient (Wildman–Crippen LogP) is 2.41. The molecule has 0 aliphatic carbocycles. The van der Waals surface area contributed by atoms with E-state index < -0.39 is 4.92 Å². The number of nitro benzene ring substituents is 1. The summed E-state index contributed by atoms with van der Waals surface area (Å²) >= 11 is 0. The van der Waals surface area contributed by atoms with E-state index in [2.05, 4.69) is 9.97 Å². The minimum Gasteiger partial charge on any atom is -0.479 e. The molecule has 0 unspecified atom stereocenters. The van der Waals surface area contributed by atoms with E-state index in [4.69, 9.17) is 4.74 Å². The van der Waals surface area contributed by atoms with E-state index in [9.17, 15) is 14.9 Å². The number of nitro groups is 1. The van der Waals surface area contributed by atoms with Gasteiger partial charge in [0.1, 0.15) is 12.4 Å². The topological polar surface area (TPSA) is 98.1 Å². The van der Waals surface area contributed by atoms with Crippen LogP contribution in [0.1, 0.15) is 5.82 Å². The number of nitrogens with zero attached hydrogens (tertiary/aromatic N) is 2. The van der Waals surface area contributed by atoms with Crippen LogP contribution in [0.4, 0.5) is 5.69 Å². The van der Waals surface area contributed by atoms with Crippen LogP contribution in [0.3, 0.4) is 0 Å². The number of aromatic amines is 1. The molecule has 0 aliphatic heterocycles. The van der Waals surface area contributed by atoms with Crippen molar-refractivity contribution in [3.05, 3.63) is 74.8 Å². The monoisotopic (exact) mass is 297 g/mol. The number of H-pyrrole nitrogens is 1. The molecule has 0 saturated carbocycles. The Bertz CT molecular complexity index is 904. The highest BCUT2D eigenvalue weighted by Crippen LogP contribution is 2.26. The number of nitrogens with one attached hydrogen (secondary N) is 1. The van der Waals surface area contributed by atoms with Crippen LogP contribution in [0.15, 0.2) is 53.3 Å². The molecule has 1 aromatic heterocycles. The first-order valence-corrected chi connectivity index (χ1v) is 6.49. The van der Waals surface area contributed by atoms with Crippen LogP contribution in [0.2, 0.25) is 0 Å². The summed E-state index contributed by atoms with van der Waals surface area (Å²) in [6.45, 7) is -0.0646. The Hall–Kier alpha value is -3.22. The maximum atomic E-state index is 11.9. The Labute approximate surface area is 124 Å². The summed E-state index contributed by atoms with van der Waals surface area (Å²) < 4.78 is 5.41. The first-order valence-electron chi connectivity index (χ1n) is 6.49. The molecule has 22 heavy (non-hydrogen) atoms. The van der Waals surface area contributed by atoms with Crippen LogP contribution >= 0.6 is 0 Å². The van der Waals surface area contributed by atoms with E-state index in [0.29, 0.717) is 16.7 Å². The Morgan fingerprint density at radius 3 is 2.68 bits per heavy atom. The summed E-state index contributed by atoms with van der Waals surface area (Å²) in [5, 5.41) is 11.4. The van der Waals surface area contributed by atoms with Gasteiger partial charge in [0.15, 0.2) is 5.75 Å². The van der Waals surface area contributed by atoms with Crippen molar-refractivity contribution in [2.24, 2.45) is 0 Å². The summed E-state index contributed by atoms with van der Waals surface area (Å²) in [7, 11) is 0. The number of ether oxygens (including phenoxy) is 1. The average molecular weight is 297 g/mol. The lowest BCUT2D eigenvalue weighted by molar-refractivity contribution is -0.385. The fourth-order valence-electron chi connectivity index (χ4n) is 2.08. The van der Waals surface area contributed by atoms with Gasteiger partial charge >= 0.3 is 5.69 Å². The maximum Gasteiger partial charge on any atom is 0.310 e. The van der Waals surface area contributed by atoms with E-state index in [0.717, 1.165) is 0 Å². The molecule has 0 fully saturated rings. The Kier molecular flexibility index (Phi) is 3.53. The molecule has 0 spiro atoms. The van der Waals surface area contributed by atoms with E-state index in [1.54, 1.807) is 36.4 Å². The summed E-state index contributed by atoms with van der Waals surface area (Å²) in [6.07, 6.45) is 0. The second-order valence-electron chi connectivity index (χ2n) is 4.54. The SMILES string of the molecule is O=c1[nH]c(COc2ccccc2[N+](=O)[O-])nc2ccccc12. The minimum atomic E-state index is -0.522. The molecule has 0 radical (unpaired) electrons. The molecule has 2 aromatic carbocycles. The summed E-state index contributed by atoms with van der Waals surface area (Å²) in [6, 6.07) is 13.0. The van der Waals surface area contributed by atoms with E-state index in [-0.39, 0.29) is 23.6 Å². The van der Waals surface area contributed by atoms with Crippen molar-refractivity contribution >= 4 is 16.6 Å². The van der Waals surface area contributed by atoms with E-state index in [1.807, 2.05) is 0 Å². The predicted molar refractivity (Wildman–Crippen MR) is 79.8 cm³/mol. The minimum absolute atomic E-state index is 0.0646. The zero-order valence-electron chi connectivity index (χ0n) is 11.4. The molecule has 1 N–H and O–H groups in total. The van der Waals surface area contributed by atoms with Crippen LogP contribution in [0.5, 0.6) is 5.75 Å². The van der Waals surface area contributed by atoms with Gasteiger partial charge in [0.05, 0.1) is 15.8 Å². The molecule has 7 heteroatoms. The highest BCUT2D eigenvalue weighted by Gasteiger charge is 2.14. The molecule has 1 heterocycles. The number of para-hydroxylation sites is 3. The molecule has 0 aliphatic rings. The number of fused-ring (bicyclic) bond motifs is 1. The van der Waals surface area contributed by atoms with Crippen LogP contribution in [-0.2, 0) is 6.61 Å². The molecule has 0 amide bonds. The molecule has 0 bridgehead atoms. The van der Waals surface area contributed by atoms with Crippen LogP contribution in [-0.4, -0.2) is 14.9 Å². The van der Waals surface area contributed by atoms with Crippen LogP contribution in [0, 0.1) is 10.1 Å². The number of hydrogen-bond acceptors (Lipinski definition) is 5. The maximum absolute atomic E-state index is 11.9. The van der Waals surface area contributed by atoms with Gasteiger partial charge in [-0.2, -0.15) is 0 Å². The lowest BCUT2D eigenvalue weighted by Crippen LogP contribution is -2.13. The highest BCUT2D eigenvalue weighted by molar-refractivity contribution is 5.77. The number of hydrogen-bond donors (Lipinski definition) is 1. The third-order valence-corrected chi connectivity index (χ3v) is 3.09. The largest absolute Gasteiger partial charge is 0.479 e. The normalized spacial score (nSPS) is 10.5. The summed E-state index contributed by atoms with van der Waals surface area (Å²) in [5.41, 5.74) is 0.143. The molecular formula is C15H11N3O4. The van der Waals surface area contributed by atoms with Crippen LogP contribution < -0.4 is 10.3 Å². The van der Waals surface area contributed by atoms with E-state index in [1.165, 1.54) is 12.1 Å². The third-order valence-electron chi connectivity index (χ3n) is 3.09. The molecule has 3 rings (SSSR count).